The first-order valence-corrected chi connectivity index (χ1v) is 5.96. The fraction of sp³-hybridized carbons (Fsp3) is 0.667. The van der Waals surface area contributed by atoms with Crippen LogP contribution in [-0.2, 0) is 4.74 Å². The molecule has 0 atom stereocenters. The molecule has 0 aromatic carbocycles. The van der Waals surface area contributed by atoms with Gasteiger partial charge in [-0.05, 0) is 19.8 Å². The van der Waals surface area contributed by atoms with Gasteiger partial charge in [0.2, 0.25) is 0 Å². The van der Waals surface area contributed by atoms with Crippen molar-refractivity contribution in [2.24, 2.45) is 0 Å². The molecule has 1 saturated carbocycles. The Balaban J connectivity index is 1.88. The van der Waals surface area contributed by atoms with Crippen LogP contribution in [0.1, 0.15) is 35.0 Å². The minimum Gasteiger partial charge on any atom is -0.445 e. The first-order valence-electron chi connectivity index (χ1n) is 5.96. The van der Waals surface area contributed by atoms with E-state index in [1.54, 1.807) is 13.8 Å². The predicted molar refractivity (Wildman–Crippen MR) is 59.8 cm³/mol. The molecule has 0 unspecified atom stereocenters. The van der Waals surface area contributed by atoms with E-state index in [0.29, 0.717) is 37.1 Å². The fourth-order valence-corrected chi connectivity index (χ4v) is 2.46. The van der Waals surface area contributed by atoms with Crippen LogP contribution in [0.3, 0.4) is 0 Å². The molecule has 92 valence electrons. The minimum atomic E-state index is -0.0470. The molecule has 5 nitrogen and oxygen atoms in total. The number of morpholine rings is 1. The lowest BCUT2D eigenvalue weighted by atomic mass is 10.1. The third-order valence-electron chi connectivity index (χ3n) is 3.58. The molecular formula is C12H16N2O3. The highest BCUT2D eigenvalue weighted by Gasteiger charge is 2.52. The molecule has 1 saturated heterocycles. The Bertz CT molecular complexity index is 462. The van der Waals surface area contributed by atoms with Crippen molar-refractivity contribution in [3.63, 3.8) is 0 Å². The number of aryl methyl sites for hydroxylation is 2. The van der Waals surface area contributed by atoms with Crippen LogP contribution in [0.25, 0.3) is 0 Å². The van der Waals surface area contributed by atoms with Gasteiger partial charge in [0.25, 0.3) is 5.91 Å². The maximum Gasteiger partial charge on any atom is 0.276 e. The summed E-state index contributed by atoms with van der Waals surface area (Å²) in [5.74, 6) is 1.14. The third-order valence-corrected chi connectivity index (χ3v) is 3.58. The van der Waals surface area contributed by atoms with Gasteiger partial charge in [0.15, 0.2) is 11.6 Å². The Morgan fingerprint density at radius 2 is 2.18 bits per heavy atom. The molecule has 1 aliphatic carbocycles. The third kappa shape index (κ3) is 1.65. The molecule has 0 bridgehead atoms. The van der Waals surface area contributed by atoms with Crippen LogP contribution in [0.2, 0.25) is 0 Å². The zero-order chi connectivity index (χ0) is 12.0. The van der Waals surface area contributed by atoms with Gasteiger partial charge in [-0.1, -0.05) is 0 Å². The Hall–Kier alpha value is -1.36. The van der Waals surface area contributed by atoms with Crippen LogP contribution in [0.5, 0.6) is 0 Å². The Morgan fingerprint density at radius 1 is 1.41 bits per heavy atom. The van der Waals surface area contributed by atoms with Crippen molar-refractivity contribution in [2.75, 3.05) is 19.8 Å². The number of nitrogens with zero attached hydrogens (tertiary/aromatic N) is 2. The van der Waals surface area contributed by atoms with Gasteiger partial charge < -0.3 is 14.1 Å². The Kier molecular flexibility index (Phi) is 2.26. The van der Waals surface area contributed by atoms with E-state index in [-0.39, 0.29) is 11.4 Å². The number of hydrogen-bond acceptors (Lipinski definition) is 4. The minimum absolute atomic E-state index is 0.0137. The van der Waals surface area contributed by atoms with Crippen molar-refractivity contribution in [1.82, 2.24) is 9.88 Å². The summed E-state index contributed by atoms with van der Waals surface area (Å²) in [5, 5.41) is 0. The average Bonchev–Trinajstić information content (AvgIpc) is 2.97. The van der Waals surface area contributed by atoms with Gasteiger partial charge in [0.05, 0.1) is 18.8 Å². The van der Waals surface area contributed by atoms with E-state index in [1.807, 2.05) is 4.90 Å². The maximum atomic E-state index is 12.4. The molecule has 2 fully saturated rings. The summed E-state index contributed by atoms with van der Waals surface area (Å²) in [5.41, 5.74) is 0.407. The number of carbonyl (C=O) groups excluding carboxylic acids is 1. The number of ether oxygens (including phenoxy) is 1. The van der Waals surface area contributed by atoms with Crippen molar-refractivity contribution in [1.29, 1.82) is 0 Å². The lowest BCUT2D eigenvalue weighted by Gasteiger charge is -2.35. The zero-order valence-electron chi connectivity index (χ0n) is 10.2. The van der Waals surface area contributed by atoms with Gasteiger partial charge in [-0.15, -0.1) is 0 Å². The van der Waals surface area contributed by atoms with Gasteiger partial charge in [-0.2, -0.15) is 0 Å². The fourth-order valence-electron chi connectivity index (χ4n) is 2.46. The lowest BCUT2D eigenvalue weighted by molar-refractivity contribution is -0.0121. The summed E-state index contributed by atoms with van der Waals surface area (Å²) in [6.45, 7) is 5.48. The van der Waals surface area contributed by atoms with Gasteiger partial charge >= 0.3 is 0 Å². The normalized spacial score (nSPS) is 21.9. The molecule has 0 N–H and O–H groups in total. The average molecular weight is 236 g/mol. The maximum absolute atomic E-state index is 12.4. The highest BCUT2D eigenvalue weighted by atomic mass is 16.5. The van der Waals surface area contributed by atoms with Crippen LogP contribution in [0.15, 0.2) is 4.42 Å². The summed E-state index contributed by atoms with van der Waals surface area (Å²) in [6, 6.07) is 0. The van der Waals surface area contributed by atoms with E-state index in [9.17, 15) is 4.79 Å². The van der Waals surface area contributed by atoms with Crippen molar-refractivity contribution in [2.45, 2.75) is 32.2 Å². The summed E-state index contributed by atoms with van der Waals surface area (Å²) >= 11 is 0. The smallest absolute Gasteiger partial charge is 0.276 e. The molecule has 17 heavy (non-hydrogen) atoms. The molecule has 2 heterocycles. The van der Waals surface area contributed by atoms with Crippen LogP contribution >= 0.6 is 0 Å². The van der Waals surface area contributed by atoms with E-state index < -0.39 is 0 Å². The van der Waals surface area contributed by atoms with Gasteiger partial charge in [0.1, 0.15) is 5.76 Å². The van der Waals surface area contributed by atoms with Crippen molar-refractivity contribution >= 4 is 5.91 Å². The van der Waals surface area contributed by atoms with Crippen molar-refractivity contribution < 1.29 is 13.9 Å². The number of carbonyl (C=O) groups is 1. The molecule has 1 spiro atoms. The molecule has 5 heteroatoms. The van der Waals surface area contributed by atoms with E-state index in [0.717, 1.165) is 12.8 Å². The number of aromatic nitrogens is 1. The number of oxazole rings is 1. The summed E-state index contributed by atoms with van der Waals surface area (Å²) < 4.78 is 10.8. The topological polar surface area (TPSA) is 55.6 Å². The molecule has 1 amide bonds. The monoisotopic (exact) mass is 236 g/mol. The number of hydrogen-bond donors (Lipinski definition) is 0. The highest BCUT2D eigenvalue weighted by Crippen LogP contribution is 2.44. The first-order chi connectivity index (χ1) is 8.12. The molecule has 3 rings (SSSR count). The molecule has 0 radical (unpaired) electrons. The Labute approximate surface area is 99.8 Å². The summed E-state index contributed by atoms with van der Waals surface area (Å²) in [7, 11) is 0. The van der Waals surface area contributed by atoms with E-state index in [1.165, 1.54) is 0 Å². The molecule has 1 aliphatic heterocycles. The summed E-state index contributed by atoms with van der Waals surface area (Å²) in [4.78, 5) is 18.5. The van der Waals surface area contributed by atoms with Crippen LogP contribution < -0.4 is 0 Å². The van der Waals surface area contributed by atoms with Crippen molar-refractivity contribution in [3.05, 3.63) is 17.3 Å². The summed E-state index contributed by atoms with van der Waals surface area (Å²) in [6.07, 6.45) is 2.07. The van der Waals surface area contributed by atoms with Crippen LogP contribution in [-0.4, -0.2) is 41.1 Å². The zero-order valence-corrected chi connectivity index (χ0v) is 10.2. The Morgan fingerprint density at radius 3 is 2.76 bits per heavy atom. The second-order valence-electron chi connectivity index (χ2n) is 4.87. The number of rotatable bonds is 1. The molecular weight excluding hydrogens is 220 g/mol. The standard InChI is InChI=1S/C12H16N2O3/c1-8-10(13-9(2)17-8)11(15)14-5-6-16-7-12(14)3-4-12/h3-7H2,1-2H3. The van der Waals surface area contributed by atoms with Crippen LogP contribution in [0, 0.1) is 13.8 Å². The molecule has 1 aromatic rings. The SMILES string of the molecule is Cc1nc(C(=O)N2CCOCC23CC3)c(C)o1. The van der Waals surface area contributed by atoms with Crippen molar-refractivity contribution in [3.8, 4) is 0 Å². The van der Waals surface area contributed by atoms with Gasteiger partial charge in [-0.3, -0.25) is 4.79 Å². The van der Waals surface area contributed by atoms with Crippen LogP contribution in [0.4, 0.5) is 0 Å². The predicted octanol–water partition coefficient (Wildman–Crippen LogP) is 1.30. The second kappa shape index (κ2) is 3.57. The number of amides is 1. The largest absolute Gasteiger partial charge is 0.445 e. The lowest BCUT2D eigenvalue weighted by Crippen LogP contribution is -2.50. The highest BCUT2D eigenvalue weighted by molar-refractivity contribution is 5.94. The van der Waals surface area contributed by atoms with E-state index in [2.05, 4.69) is 4.98 Å². The van der Waals surface area contributed by atoms with E-state index in [4.69, 9.17) is 9.15 Å². The second-order valence-corrected chi connectivity index (χ2v) is 4.87. The molecule has 2 aliphatic rings. The van der Waals surface area contributed by atoms with Gasteiger partial charge in [-0.25, -0.2) is 4.98 Å². The first kappa shape index (κ1) is 10.8. The quantitative estimate of drug-likeness (QED) is 0.737. The van der Waals surface area contributed by atoms with Gasteiger partial charge in [0, 0.05) is 13.5 Å². The van der Waals surface area contributed by atoms with E-state index >= 15 is 0 Å². The molecule has 1 aromatic heterocycles.